The van der Waals surface area contributed by atoms with Crippen molar-refractivity contribution in [1.82, 2.24) is 5.43 Å². The summed E-state index contributed by atoms with van der Waals surface area (Å²) < 4.78 is 0. The van der Waals surface area contributed by atoms with Gasteiger partial charge in [-0.3, -0.25) is 0 Å². The molecule has 1 aromatic rings. The Morgan fingerprint density at radius 2 is 2.64 bits per heavy atom. The lowest BCUT2D eigenvalue weighted by Gasteiger charge is -1.92. The van der Waals surface area contributed by atoms with Crippen molar-refractivity contribution < 1.29 is 5.11 Å². The molecule has 0 saturated heterocycles. The first-order valence-corrected chi connectivity index (χ1v) is 4.22. The monoisotopic (exact) mass is 170 g/mol. The summed E-state index contributed by atoms with van der Waals surface area (Å²) in [7, 11) is 0. The zero-order chi connectivity index (χ0) is 7.94. The van der Waals surface area contributed by atoms with Crippen LogP contribution < -0.4 is 5.43 Å². The van der Waals surface area contributed by atoms with Crippen molar-refractivity contribution in [1.29, 1.82) is 0 Å². The molecule has 2 N–H and O–H groups in total. The Hall–Kier alpha value is -0.870. The minimum absolute atomic E-state index is 0.113. The van der Waals surface area contributed by atoms with Gasteiger partial charge in [-0.2, -0.15) is 5.10 Å². The first-order chi connectivity index (χ1) is 5.43. The van der Waals surface area contributed by atoms with Crippen LogP contribution in [-0.4, -0.2) is 24.5 Å². The Labute approximate surface area is 69.4 Å². The van der Waals surface area contributed by atoms with Gasteiger partial charge in [-0.05, 0) is 11.4 Å². The number of hydrogen-bond acceptors (Lipinski definition) is 4. The van der Waals surface area contributed by atoms with Crippen LogP contribution in [0, 0.1) is 0 Å². The molecule has 0 radical (unpaired) electrons. The molecule has 0 fully saturated rings. The Bertz CT molecular complexity index is 208. The van der Waals surface area contributed by atoms with Crippen molar-refractivity contribution in [2.75, 3.05) is 13.2 Å². The van der Waals surface area contributed by atoms with Gasteiger partial charge in [-0.1, -0.05) is 6.07 Å². The number of rotatable bonds is 4. The molecule has 0 unspecified atom stereocenters. The minimum Gasteiger partial charge on any atom is -0.394 e. The van der Waals surface area contributed by atoms with Crippen LogP contribution in [0.3, 0.4) is 0 Å². The van der Waals surface area contributed by atoms with Gasteiger partial charge in [-0.25, -0.2) is 0 Å². The lowest BCUT2D eigenvalue weighted by atomic mass is 10.5. The first kappa shape index (κ1) is 8.23. The van der Waals surface area contributed by atoms with Gasteiger partial charge in [0.15, 0.2) is 0 Å². The second-order valence-electron chi connectivity index (χ2n) is 1.91. The van der Waals surface area contributed by atoms with Gasteiger partial charge >= 0.3 is 0 Å². The van der Waals surface area contributed by atoms with Gasteiger partial charge in [-0.15, -0.1) is 11.3 Å². The molecule has 4 heteroatoms. The van der Waals surface area contributed by atoms with E-state index in [1.54, 1.807) is 17.6 Å². The maximum atomic E-state index is 8.39. The van der Waals surface area contributed by atoms with Crippen LogP contribution in [-0.2, 0) is 0 Å². The zero-order valence-electron chi connectivity index (χ0n) is 6.03. The van der Waals surface area contributed by atoms with Crippen molar-refractivity contribution >= 4 is 17.6 Å². The third-order valence-electron chi connectivity index (χ3n) is 1.05. The number of nitrogens with zero attached hydrogens (tertiary/aromatic N) is 1. The molecule has 3 nitrogen and oxygen atoms in total. The number of aliphatic hydroxyl groups is 1. The van der Waals surface area contributed by atoms with Crippen LogP contribution >= 0.6 is 11.3 Å². The molecule has 0 bridgehead atoms. The van der Waals surface area contributed by atoms with Crippen molar-refractivity contribution in [2.45, 2.75) is 0 Å². The number of hydrogen-bond donors (Lipinski definition) is 2. The van der Waals surface area contributed by atoms with E-state index < -0.39 is 0 Å². The van der Waals surface area contributed by atoms with Crippen molar-refractivity contribution in [3.05, 3.63) is 22.4 Å². The minimum atomic E-state index is 0.113. The molecule has 0 spiro atoms. The Kier molecular flexibility index (Phi) is 3.64. The zero-order valence-corrected chi connectivity index (χ0v) is 6.84. The van der Waals surface area contributed by atoms with Gasteiger partial charge in [0.2, 0.25) is 0 Å². The van der Waals surface area contributed by atoms with Crippen LogP contribution in [0.4, 0.5) is 0 Å². The van der Waals surface area contributed by atoms with E-state index >= 15 is 0 Å². The summed E-state index contributed by atoms with van der Waals surface area (Å²) in [5, 5.41) is 14.3. The largest absolute Gasteiger partial charge is 0.394 e. The first-order valence-electron chi connectivity index (χ1n) is 3.34. The molecule has 11 heavy (non-hydrogen) atoms. The SMILES string of the molecule is OCCN/N=C\c1cccs1. The van der Waals surface area contributed by atoms with Crippen molar-refractivity contribution in [2.24, 2.45) is 5.10 Å². The molecule has 0 aliphatic rings. The summed E-state index contributed by atoms with van der Waals surface area (Å²) in [6.45, 7) is 0.615. The fraction of sp³-hybridized carbons (Fsp3) is 0.286. The highest BCUT2D eigenvalue weighted by Gasteiger charge is 1.84. The highest BCUT2D eigenvalue weighted by molar-refractivity contribution is 7.11. The molecular weight excluding hydrogens is 160 g/mol. The number of hydrazone groups is 1. The molecule has 0 saturated carbocycles. The number of nitrogens with one attached hydrogen (secondary N) is 1. The predicted molar refractivity (Wildman–Crippen MR) is 47.0 cm³/mol. The van der Waals surface area contributed by atoms with E-state index in [4.69, 9.17) is 5.11 Å². The van der Waals surface area contributed by atoms with E-state index in [9.17, 15) is 0 Å². The maximum Gasteiger partial charge on any atom is 0.0640 e. The molecular formula is C7H10N2OS. The van der Waals surface area contributed by atoms with E-state index in [0.717, 1.165) is 4.88 Å². The Balaban J connectivity index is 2.25. The lowest BCUT2D eigenvalue weighted by Crippen LogP contribution is -2.10. The molecule has 0 aliphatic carbocycles. The summed E-state index contributed by atoms with van der Waals surface area (Å²) in [6.07, 6.45) is 1.74. The van der Waals surface area contributed by atoms with Gasteiger partial charge in [0.1, 0.15) is 0 Å². The van der Waals surface area contributed by atoms with E-state index in [1.807, 2.05) is 17.5 Å². The van der Waals surface area contributed by atoms with Gasteiger partial charge in [0, 0.05) is 4.88 Å². The fourth-order valence-electron chi connectivity index (χ4n) is 0.589. The van der Waals surface area contributed by atoms with E-state index in [2.05, 4.69) is 10.5 Å². The predicted octanol–water partition coefficient (Wildman–Crippen LogP) is 0.664. The topological polar surface area (TPSA) is 44.6 Å². The smallest absolute Gasteiger partial charge is 0.0640 e. The van der Waals surface area contributed by atoms with Gasteiger partial charge in [0.05, 0.1) is 19.4 Å². The molecule has 0 atom stereocenters. The fourth-order valence-corrected chi connectivity index (χ4v) is 1.17. The summed E-state index contributed by atoms with van der Waals surface area (Å²) in [6, 6.07) is 3.95. The van der Waals surface area contributed by atoms with E-state index in [1.165, 1.54) is 0 Å². The van der Waals surface area contributed by atoms with E-state index in [-0.39, 0.29) is 6.61 Å². The average molecular weight is 170 g/mol. The van der Waals surface area contributed by atoms with Gasteiger partial charge in [0.25, 0.3) is 0 Å². The highest BCUT2D eigenvalue weighted by Crippen LogP contribution is 2.03. The second-order valence-corrected chi connectivity index (χ2v) is 2.88. The van der Waals surface area contributed by atoms with Crippen LogP contribution in [0.25, 0.3) is 0 Å². The number of aliphatic hydroxyl groups excluding tert-OH is 1. The summed E-state index contributed by atoms with van der Waals surface area (Å²) >= 11 is 1.63. The van der Waals surface area contributed by atoms with E-state index in [0.29, 0.717) is 6.54 Å². The molecule has 60 valence electrons. The van der Waals surface area contributed by atoms with Crippen LogP contribution in [0.1, 0.15) is 4.88 Å². The summed E-state index contributed by atoms with van der Waals surface area (Å²) in [5.74, 6) is 0. The molecule has 1 aromatic heterocycles. The highest BCUT2D eigenvalue weighted by atomic mass is 32.1. The summed E-state index contributed by atoms with van der Waals surface area (Å²) in [5.41, 5.74) is 2.70. The third-order valence-corrected chi connectivity index (χ3v) is 1.86. The second kappa shape index (κ2) is 4.87. The molecule has 0 aromatic carbocycles. The Morgan fingerprint density at radius 3 is 3.27 bits per heavy atom. The third kappa shape index (κ3) is 3.15. The normalized spacial score (nSPS) is 10.6. The van der Waals surface area contributed by atoms with Gasteiger partial charge < -0.3 is 10.5 Å². The molecule has 0 aliphatic heterocycles. The van der Waals surface area contributed by atoms with Crippen molar-refractivity contribution in [3.8, 4) is 0 Å². The van der Waals surface area contributed by atoms with Crippen LogP contribution in [0.5, 0.6) is 0 Å². The quantitative estimate of drug-likeness (QED) is 0.396. The lowest BCUT2D eigenvalue weighted by molar-refractivity contribution is 0.294. The average Bonchev–Trinajstić information content (AvgIpc) is 2.50. The number of thiophene rings is 1. The van der Waals surface area contributed by atoms with Crippen LogP contribution in [0.2, 0.25) is 0 Å². The van der Waals surface area contributed by atoms with Crippen molar-refractivity contribution in [3.63, 3.8) is 0 Å². The molecule has 0 amide bonds. The molecule has 1 rings (SSSR count). The molecule has 1 heterocycles. The standard InChI is InChI=1S/C7H10N2OS/c10-4-3-8-9-6-7-2-1-5-11-7/h1-2,5-6,8,10H,3-4H2/b9-6-. The maximum absolute atomic E-state index is 8.39. The summed E-state index contributed by atoms with van der Waals surface area (Å²) in [4.78, 5) is 1.11. The Morgan fingerprint density at radius 1 is 1.73 bits per heavy atom. The van der Waals surface area contributed by atoms with Crippen LogP contribution in [0.15, 0.2) is 22.6 Å².